The highest BCUT2D eigenvalue weighted by Crippen LogP contribution is 2.40. The summed E-state index contributed by atoms with van der Waals surface area (Å²) in [4.78, 5) is 12.4. The molecule has 0 unspecified atom stereocenters. The minimum Gasteiger partial charge on any atom is -0.480 e. The van der Waals surface area contributed by atoms with Crippen LogP contribution in [0.4, 0.5) is 18.9 Å². The van der Waals surface area contributed by atoms with E-state index in [1.54, 1.807) is 0 Å². The molecule has 3 nitrogen and oxygen atoms in total. The average molecular weight is 366 g/mol. The predicted octanol–water partition coefficient (Wildman–Crippen LogP) is 4.30. The maximum Gasteiger partial charge on any atom is 0.418 e. The highest BCUT2D eigenvalue weighted by Gasteiger charge is 2.37. The van der Waals surface area contributed by atoms with Crippen molar-refractivity contribution in [3.05, 3.63) is 28.2 Å². The molecule has 21 heavy (non-hydrogen) atoms. The van der Waals surface area contributed by atoms with Crippen LogP contribution in [0.2, 0.25) is 0 Å². The van der Waals surface area contributed by atoms with Gasteiger partial charge in [-0.25, -0.2) is 0 Å². The Bertz CT molecular complexity index is 527. The van der Waals surface area contributed by atoms with Crippen LogP contribution in [0.5, 0.6) is 0 Å². The third-order valence-electron chi connectivity index (χ3n) is 3.65. The van der Waals surface area contributed by atoms with Gasteiger partial charge in [-0.3, -0.25) is 4.79 Å². The van der Waals surface area contributed by atoms with Gasteiger partial charge in [0.25, 0.3) is 0 Å². The molecule has 1 aliphatic rings. The number of carboxylic acids is 1. The van der Waals surface area contributed by atoms with Crippen molar-refractivity contribution in [3.63, 3.8) is 0 Å². The van der Waals surface area contributed by atoms with E-state index in [-0.39, 0.29) is 11.7 Å². The molecule has 7 heteroatoms. The van der Waals surface area contributed by atoms with Crippen molar-refractivity contribution >= 4 is 27.6 Å². The Morgan fingerprint density at radius 2 is 1.95 bits per heavy atom. The van der Waals surface area contributed by atoms with Gasteiger partial charge in [-0.15, -0.1) is 0 Å². The zero-order valence-electron chi connectivity index (χ0n) is 11.2. The Morgan fingerprint density at radius 3 is 2.48 bits per heavy atom. The number of carboxylic acid groups (broad SMARTS) is 1. The van der Waals surface area contributed by atoms with Crippen molar-refractivity contribution < 1.29 is 23.1 Å². The third kappa shape index (κ3) is 3.90. The second-order valence-corrected chi connectivity index (χ2v) is 6.03. The number of hydrogen-bond acceptors (Lipinski definition) is 2. The highest BCUT2D eigenvalue weighted by molar-refractivity contribution is 9.10. The minimum atomic E-state index is -4.51. The molecule has 1 saturated carbocycles. The molecule has 0 amide bonds. The quantitative estimate of drug-likeness (QED) is 0.864. The lowest BCUT2D eigenvalue weighted by Crippen LogP contribution is -2.38. The monoisotopic (exact) mass is 365 g/mol. The third-order valence-corrected chi connectivity index (χ3v) is 4.14. The van der Waals surface area contributed by atoms with Crippen LogP contribution in [0.25, 0.3) is 0 Å². The lowest BCUT2D eigenvalue weighted by Gasteiger charge is -2.32. The minimum absolute atomic E-state index is 0.0637. The first-order chi connectivity index (χ1) is 9.79. The molecule has 2 rings (SSSR count). The summed E-state index contributed by atoms with van der Waals surface area (Å²) in [5.74, 6) is -1.13. The molecule has 0 heterocycles. The number of nitrogens with zero attached hydrogens (tertiary/aromatic N) is 1. The van der Waals surface area contributed by atoms with Gasteiger partial charge in [-0.1, -0.05) is 28.8 Å². The van der Waals surface area contributed by atoms with Crippen molar-refractivity contribution in [2.45, 2.75) is 37.9 Å². The van der Waals surface area contributed by atoms with Crippen LogP contribution in [-0.4, -0.2) is 23.7 Å². The SMILES string of the molecule is O=C(O)CN(c1cc(Br)ccc1C(F)(F)F)C1CCCC1. The molecule has 1 N–H and O–H groups in total. The van der Waals surface area contributed by atoms with E-state index in [2.05, 4.69) is 15.9 Å². The number of aliphatic carboxylic acids is 1. The summed E-state index contributed by atoms with van der Waals surface area (Å²) in [5.41, 5.74) is -0.856. The normalized spacial score (nSPS) is 16.2. The highest BCUT2D eigenvalue weighted by atomic mass is 79.9. The van der Waals surface area contributed by atoms with E-state index in [0.717, 1.165) is 31.7 Å². The van der Waals surface area contributed by atoms with Gasteiger partial charge < -0.3 is 10.0 Å². The standard InChI is InChI=1S/C14H15BrF3NO2/c15-9-5-6-11(14(16,17)18)12(7-9)19(8-13(20)21)10-3-1-2-4-10/h5-7,10H,1-4,8H2,(H,20,21). The molecule has 0 saturated heterocycles. The molecular weight excluding hydrogens is 351 g/mol. The fourth-order valence-electron chi connectivity index (χ4n) is 2.75. The smallest absolute Gasteiger partial charge is 0.418 e. The molecule has 1 fully saturated rings. The predicted molar refractivity (Wildman–Crippen MR) is 76.4 cm³/mol. The number of benzene rings is 1. The number of anilines is 1. The van der Waals surface area contributed by atoms with E-state index in [1.165, 1.54) is 17.0 Å². The summed E-state index contributed by atoms with van der Waals surface area (Å²) in [6, 6.07) is 3.50. The van der Waals surface area contributed by atoms with Crippen molar-refractivity contribution in [1.82, 2.24) is 0 Å². The molecule has 0 atom stereocenters. The van der Waals surface area contributed by atoms with Gasteiger partial charge in [0.05, 0.1) is 11.3 Å². The first-order valence-electron chi connectivity index (χ1n) is 6.64. The largest absolute Gasteiger partial charge is 0.480 e. The molecule has 0 aliphatic heterocycles. The summed E-state index contributed by atoms with van der Waals surface area (Å²) in [7, 11) is 0. The van der Waals surface area contributed by atoms with Crippen molar-refractivity contribution in [2.24, 2.45) is 0 Å². The Balaban J connectivity index is 2.47. The summed E-state index contributed by atoms with van der Waals surface area (Å²) in [6.07, 6.45) is -1.24. The molecule has 0 spiro atoms. The van der Waals surface area contributed by atoms with Gasteiger partial charge in [0.1, 0.15) is 6.54 Å². The molecule has 1 aromatic carbocycles. The van der Waals surface area contributed by atoms with Crippen LogP contribution in [0.3, 0.4) is 0 Å². The van der Waals surface area contributed by atoms with E-state index in [1.807, 2.05) is 0 Å². The lowest BCUT2D eigenvalue weighted by molar-refractivity contribution is -0.138. The maximum absolute atomic E-state index is 13.2. The van der Waals surface area contributed by atoms with Crippen LogP contribution in [0.1, 0.15) is 31.2 Å². The average Bonchev–Trinajstić information content (AvgIpc) is 2.87. The number of rotatable bonds is 4. The first kappa shape index (κ1) is 16.1. The van der Waals surface area contributed by atoms with Gasteiger partial charge in [-0.05, 0) is 31.0 Å². The maximum atomic E-state index is 13.2. The zero-order valence-corrected chi connectivity index (χ0v) is 12.7. The molecule has 1 aromatic rings. The molecule has 116 valence electrons. The molecular formula is C14H15BrF3NO2. The Morgan fingerprint density at radius 1 is 1.33 bits per heavy atom. The fraction of sp³-hybridized carbons (Fsp3) is 0.500. The van der Waals surface area contributed by atoms with E-state index in [9.17, 15) is 18.0 Å². The lowest BCUT2D eigenvalue weighted by atomic mass is 10.1. The van der Waals surface area contributed by atoms with Gasteiger partial charge in [0, 0.05) is 10.5 Å². The summed E-state index contributed by atoms with van der Waals surface area (Å²) in [5, 5.41) is 9.03. The van der Waals surface area contributed by atoms with Gasteiger partial charge in [0.15, 0.2) is 0 Å². The van der Waals surface area contributed by atoms with Crippen LogP contribution in [0, 0.1) is 0 Å². The van der Waals surface area contributed by atoms with Gasteiger partial charge in [-0.2, -0.15) is 13.2 Å². The Kier molecular flexibility index (Phi) is 4.81. The van der Waals surface area contributed by atoms with Crippen LogP contribution >= 0.6 is 15.9 Å². The number of alkyl halides is 3. The number of carbonyl (C=O) groups is 1. The summed E-state index contributed by atoms with van der Waals surface area (Å²) >= 11 is 3.16. The fourth-order valence-corrected chi connectivity index (χ4v) is 3.10. The van der Waals surface area contributed by atoms with Crippen molar-refractivity contribution in [1.29, 1.82) is 0 Å². The second-order valence-electron chi connectivity index (χ2n) is 5.12. The van der Waals surface area contributed by atoms with Gasteiger partial charge in [0.2, 0.25) is 0 Å². The molecule has 0 bridgehead atoms. The number of halogens is 4. The van der Waals surface area contributed by atoms with Crippen molar-refractivity contribution in [3.8, 4) is 0 Å². The van der Waals surface area contributed by atoms with E-state index in [4.69, 9.17) is 5.11 Å². The summed E-state index contributed by atoms with van der Waals surface area (Å²) < 4.78 is 40.0. The topological polar surface area (TPSA) is 40.5 Å². The van der Waals surface area contributed by atoms with E-state index >= 15 is 0 Å². The first-order valence-corrected chi connectivity index (χ1v) is 7.43. The molecule has 0 aromatic heterocycles. The van der Waals surface area contributed by atoms with E-state index < -0.39 is 24.3 Å². The number of hydrogen-bond donors (Lipinski definition) is 1. The molecule has 0 radical (unpaired) electrons. The van der Waals surface area contributed by atoms with Gasteiger partial charge >= 0.3 is 12.1 Å². The Labute approximate surface area is 128 Å². The van der Waals surface area contributed by atoms with E-state index in [0.29, 0.717) is 4.47 Å². The van der Waals surface area contributed by atoms with Crippen LogP contribution < -0.4 is 4.90 Å². The van der Waals surface area contributed by atoms with Crippen molar-refractivity contribution in [2.75, 3.05) is 11.4 Å². The van der Waals surface area contributed by atoms with Crippen LogP contribution in [-0.2, 0) is 11.0 Å². The molecule has 1 aliphatic carbocycles. The summed E-state index contributed by atoms with van der Waals surface area (Å²) in [6.45, 7) is -0.426. The Hall–Kier alpha value is -1.24. The second kappa shape index (κ2) is 6.25. The van der Waals surface area contributed by atoms with Crippen LogP contribution in [0.15, 0.2) is 22.7 Å². The zero-order chi connectivity index (χ0) is 15.6.